The predicted octanol–water partition coefficient (Wildman–Crippen LogP) is 3.80. The summed E-state index contributed by atoms with van der Waals surface area (Å²) in [7, 11) is 0. The molecule has 0 aromatic heterocycles. The molecule has 1 aliphatic carbocycles. The lowest BCUT2D eigenvalue weighted by atomic mass is 9.81. The first-order valence-electron chi connectivity index (χ1n) is 8.94. The second-order valence-corrected chi connectivity index (χ2v) is 8.55. The van der Waals surface area contributed by atoms with E-state index in [-0.39, 0.29) is 11.5 Å². The van der Waals surface area contributed by atoms with E-state index < -0.39 is 5.60 Å². The van der Waals surface area contributed by atoms with Crippen LogP contribution in [0.5, 0.6) is 0 Å². The second kappa shape index (κ2) is 6.77. The Labute approximate surface area is 136 Å². The lowest BCUT2D eigenvalue weighted by Gasteiger charge is -2.41. The molecule has 2 fully saturated rings. The third kappa shape index (κ3) is 5.15. The van der Waals surface area contributed by atoms with Gasteiger partial charge in [0.25, 0.3) is 0 Å². The number of carbonyl (C=O) groups is 1. The van der Waals surface area contributed by atoms with Crippen LogP contribution in [0.2, 0.25) is 0 Å². The molecule has 2 atom stereocenters. The number of piperidine rings is 1. The van der Waals surface area contributed by atoms with Crippen LogP contribution >= 0.6 is 0 Å². The number of nitrogens with zero attached hydrogens (tertiary/aromatic N) is 1. The molecule has 0 spiro atoms. The lowest BCUT2D eigenvalue weighted by Crippen LogP contribution is -2.51. The first-order chi connectivity index (χ1) is 10.2. The fraction of sp³-hybridized carbons (Fsp3) is 0.944. The van der Waals surface area contributed by atoms with Crippen LogP contribution in [0.3, 0.4) is 0 Å². The van der Waals surface area contributed by atoms with Crippen molar-refractivity contribution in [2.45, 2.75) is 78.4 Å². The smallest absolute Gasteiger partial charge is 0.410 e. The van der Waals surface area contributed by atoms with Crippen molar-refractivity contribution in [2.75, 3.05) is 19.6 Å². The van der Waals surface area contributed by atoms with Crippen LogP contribution in [0.1, 0.15) is 66.7 Å². The van der Waals surface area contributed by atoms with E-state index in [4.69, 9.17) is 4.74 Å². The van der Waals surface area contributed by atoms with Gasteiger partial charge in [-0.1, -0.05) is 13.8 Å². The molecular formula is C18H34N2O2. The SMILES string of the molecule is CCC(NCC1(C)CCCN(C(=O)OC(C)(C)C)C1)C1CC1. The fourth-order valence-corrected chi connectivity index (χ4v) is 3.46. The van der Waals surface area contributed by atoms with Crippen molar-refractivity contribution in [1.29, 1.82) is 0 Å². The van der Waals surface area contributed by atoms with Crippen LogP contribution in [-0.2, 0) is 4.74 Å². The Morgan fingerprint density at radius 2 is 2.09 bits per heavy atom. The summed E-state index contributed by atoms with van der Waals surface area (Å²) in [5, 5.41) is 3.77. The van der Waals surface area contributed by atoms with Gasteiger partial charge < -0.3 is 15.0 Å². The van der Waals surface area contributed by atoms with E-state index in [1.807, 2.05) is 25.7 Å². The molecule has 22 heavy (non-hydrogen) atoms. The largest absolute Gasteiger partial charge is 0.444 e. The molecule has 1 N–H and O–H groups in total. The molecule has 1 heterocycles. The van der Waals surface area contributed by atoms with Crippen molar-refractivity contribution < 1.29 is 9.53 Å². The van der Waals surface area contributed by atoms with Crippen molar-refractivity contribution in [2.24, 2.45) is 11.3 Å². The maximum Gasteiger partial charge on any atom is 0.410 e. The molecule has 2 rings (SSSR count). The summed E-state index contributed by atoms with van der Waals surface area (Å²) in [6.07, 6.45) is 6.06. The molecule has 0 aromatic carbocycles. The Balaban J connectivity index is 1.86. The van der Waals surface area contributed by atoms with Crippen LogP contribution in [0, 0.1) is 11.3 Å². The monoisotopic (exact) mass is 310 g/mol. The number of carbonyl (C=O) groups excluding carboxylic acids is 1. The Morgan fingerprint density at radius 1 is 1.41 bits per heavy atom. The van der Waals surface area contributed by atoms with Gasteiger partial charge in [-0.05, 0) is 64.2 Å². The highest BCUT2D eigenvalue weighted by Crippen LogP contribution is 2.35. The van der Waals surface area contributed by atoms with Crippen molar-refractivity contribution >= 4 is 6.09 Å². The van der Waals surface area contributed by atoms with E-state index in [0.717, 1.165) is 32.0 Å². The highest BCUT2D eigenvalue weighted by molar-refractivity contribution is 5.68. The number of rotatable bonds is 5. The minimum Gasteiger partial charge on any atom is -0.444 e. The van der Waals surface area contributed by atoms with E-state index in [1.54, 1.807) is 0 Å². The minimum absolute atomic E-state index is 0.160. The topological polar surface area (TPSA) is 41.6 Å². The highest BCUT2D eigenvalue weighted by Gasteiger charge is 2.37. The summed E-state index contributed by atoms with van der Waals surface area (Å²) < 4.78 is 5.53. The Hall–Kier alpha value is -0.770. The average Bonchev–Trinajstić information content (AvgIpc) is 3.22. The molecule has 0 radical (unpaired) electrons. The predicted molar refractivity (Wildman–Crippen MR) is 90.0 cm³/mol. The van der Waals surface area contributed by atoms with Gasteiger partial charge in [-0.2, -0.15) is 0 Å². The van der Waals surface area contributed by atoms with Crippen LogP contribution in [0.25, 0.3) is 0 Å². The zero-order valence-corrected chi connectivity index (χ0v) is 15.1. The molecule has 1 amide bonds. The minimum atomic E-state index is -0.414. The number of nitrogens with one attached hydrogen (secondary N) is 1. The molecule has 0 bridgehead atoms. The molecule has 4 heteroatoms. The number of hydrogen-bond acceptors (Lipinski definition) is 3. The molecule has 1 saturated heterocycles. The highest BCUT2D eigenvalue weighted by atomic mass is 16.6. The first kappa shape index (κ1) is 17.6. The molecule has 0 aromatic rings. The zero-order chi connectivity index (χ0) is 16.4. The molecule has 1 saturated carbocycles. The number of ether oxygens (including phenoxy) is 1. The normalized spacial score (nSPS) is 27.6. The molecule has 2 aliphatic rings. The second-order valence-electron chi connectivity index (χ2n) is 8.55. The van der Waals surface area contributed by atoms with E-state index in [9.17, 15) is 4.79 Å². The van der Waals surface area contributed by atoms with Gasteiger partial charge in [-0.25, -0.2) is 4.79 Å². The lowest BCUT2D eigenvalue weighted by molar-refractivity contribution is 0.00636. The summed E-state index contributed by atoms with van der Waals surface area (Å²) in [6.45, 7) is 13.0. The maximum absolute atomic E-state index is 12.3. The van der Waals surface area contributed by atoms with Gasteiger partial charge in [0.05, 0.1) is 0 Å². The quantitative estimate of drug-likeness (QED) is 0.839. The number of likely N-dealkylation sites (tertiary alicyclic amines) is 1. The van der Waals surface area contributed by atoms with Crippen molar-refractivity contribution in [3.63, 3.8) is 0 Å². The Bertz CT molecular complexity index is 387. The number of hydrogen-bond donors (Lipinski definition) is 1. The maximum atomic E-state index is 12.3. The molecule has 2 unspecified atom stereocenters. The molecule has 128 valence electrons. The average molecular weight is 310 g/mol. The fourth-order valence-electron chi connectivity index (χ4n) is 3.46. The standard InChI is InChI=1S/C18H34N2O2/c1-6-15(14-8-9-14)19-12-18(5)10-7-11-20(13-18)16(21)22-17(2,3)4/h14-15,19H,6-13H2,1-5H3. The van der Waals surface area contributed by atoms with Crippen molar-refractivity contribution in [3.05, 3.63) is 0 Å². The molecular weight excluding hydrogens is 276 g/mol. The van der Waals surface area contributed by atoms with Crippen LogP contribution in [0.15, 0.2) is 0 Å². The van der Waals surface area contributed by atoms with Gasteiger partial charge in [0.2, 0.25) is 0 Å². The summed E-state index contributed by atoms with van der Waals surface area (Å²) >= 11 is 0. The van der Waals surface area contributed by atoms with Crippen LogP contribution < -0.4 is 5.32 Å². The van der Waals surface area contributed by atoms with E-state index >= 15 is 0 Å². The summed E-state index contributed by atoms with van der Waals surface area (Å²) in [6, 6.07) is 0.661. The Morgan fingerprint density at radius 3 is 2.64 bits per heavy atom. The summed E-state index contributed by atoms with van der Waals surface area (Å²) in [5.74, 6) is 0.888. The third-order valence-corrected chi connectivity index (χ3v) is 4.85. The van der Waals surface area contributed by atoms with Gasteiger partial charge >= 0.3 is 6.09 Å². The summed E-state index contributed by atoms with van der Waals surface area (Å²) in [4.78, 5) is 14.2. The van der Waals surface area contributed by atoms with Crippen molar-refractivity contribution in [3.8, 4) is 0 Å². The van der Waals surface area contributed by atoms with Crippen LogP contribution in [0.4, 0.5) is 4.79 Å². The van der Waals surface area contributed by atoms with Gasteiger partial charge in [0, 0.05) is 25.7 Å². The van der Waals surface area contributed by atoms with Gasteiger partial charge in [-0.3, -0.25) is 0 Å². The van der Waals surface area contributed by atoms with Gasteiger partial charge in [-0.15, -0.1) is 0 Å². The third-order valence-electron chi connectivity index (χ3n) is 4.85. The zero-order valence-electron chi connectivity index (χ0n) is 15.1. The molecule has 4 nitrogen and oxygen atoms in total. The van der Waals surface area contributed by atoms with E-state index in [1.165, 1.54) is 25.7 Å². The van der Waals surface area contributed by atoms with Gasteiger partial charge in [0.1, 0.15) is 5.60 Å². The van der Waals surface area contributed by atoms with Crippen molar-refractivity contribution in [1.82, 2.24) is 10.2 Å². The van der Waals surface area contributed by atoms with E-state index in [2.05, 4.69) is 19.2 Å². The van der Waals surface area contributed by atoms with Crippen LogP contribution in [-0.4, -0.2) is 42.3 Å². The molecule has 1 aliphatic heterocycles. The van der Waals surface area contributed by atoms with Gasteiger partial charge in [0.15, 0.2) is 0 Å². The summed E-state index contributed by atoms with van der Waals surface area (Å²) in [5.41, 5.74) is -0.250. The number of amides is 1. The van der Waals surface area contributed by atoms with E-state index in [0.29, 0.717) is 6.04 Å². The first-order valence-corrected chi connectivity index (χ1v) is 8.94. The Kier molecular flexibility index (Phi) is 5.41.